The first kappa shape index (κ1) is 22.6. The van der Waals surface area contributed by atoms with E-state index in [1.165, 1.54) is 0 Å². The van der Waals surface area contributed by atoms with Crippen LogP contribution in [0.1, 0.15) is 22.5 Å². The van der Waals surface area contributed by atoms with E-state index in [4.69, 9.17) is 11.6 Å². The maximum Gasteiger partial charge on any atom is 0.252 e. The van der Waals surface area contributed by atoms with E-state index in [0.717, 1.165) is 5.69 Å². The molecule has 6 nitrogen and oxygen atoms in total. The predicted octanol–water partition coefficient (Wildman–Crippen LogP) is 4.65. The Morgan fingerprint density at radius 1 is 1.09 bits per heavy atom. The lowest BCUT2D eigenvalue weighted by Gasteiger charge is -2.18. The second-order valence-electron chi connectivity index (χ2n) is 7.52. The Balaban J connectivity index is 1.61. The van der Waals surface area contributed by atoms with Crippen LogP contribution in [0.4, 0.5) is 4.39 Å². The standard InChI is InChI=1S/C25H22ClFN4O2/c26-17-10-8-16(9-11-17)23-22(27)24(31-30-23)20-6-1-2-7-21(20)25(33)29-19(12-14-32)15-18-5-3-4-13-28-18/h1-11,13,19,32H,12,14-15H2,(H,29,33)(H,30,31)/t19-/m0/s1. The molecular formula is C25H22ClFN4O2. The van der Waals surface area contributed by atoms with E-state index in [1.54, 1.807) is 54.7 Å². The topological polar surface area (TPSA) is 90.9 Å². The van der Waals surface area contributed by atoms with Gasteiger partial charge in [0.2, 0.25) is 0 Å². The van der Waals surface area contributed by atoms with Crippen molar-refractivity contribution in [3.8, 4) is 22.5 Å². The molecule has 0 spiro atoms. The molecule has 2 aromatic carbocycles. The second kappa shape index (κ2) is 10.4. The molecule has 168 valence electrons. The Morgan fingerprint density at radius 3 is 2.58 bits per heavy atom. The van der Waals surface area contributed by atoms with Gasteiger partial charge in [-0.2, -0.15) is 5.10 Å². The van der Waals surface area contributed by atoms with E-state index >= 15 is 4.39 Å². The summed E-state index contributed by atoms with van der Waals surface area (Å²) >= 11 is 5.92. The molecule has 0 saturated heterocycles. The minimum absolute atomic E-state index is 0.0843. The van der Waals surface area contributed by atoms with Crippen molar-refractivity contribution in [2.75, 3.05) is 6.61 Å². The monoisotopic (exact) mass is 464 g/mol. The molecule has 0 unspecified atom stereocenters. The molecule has 2 heterocycles. The zero-order chi connectivity index (χ0) is 23.2. The highest BCUT2D eigenvalue weighted by atomic mass is 35.5. The van der Waals surface area contributed by atoms with E-state index in [9.17, 15) is 9.90 Å². The van der Waals surface area contributed by atoms with Crippen molar-refractivity contribution in [3.05, 3.63) is 95.0 Å². The summed E-state index contributed by atoms with van der Waals surface area (Å²) in [5.74, 6) is -0.931. The van der Waals surface area contributed by atoms with Gasteiger partial charge in [0, 0.05) is 52.7 Å². The number of nitrogens with zero attached hydrogens (tertiary/aromatic N) is 2. The van der Waals surface area contributed by atoms with Gasteiger partial charge in [0.15, 0.2) is 5.82 Å². The summed E-state index contributed by atoms with van der Waals surface area (Å²) in [6.45, 7) is -0.0843. The molecule has 33 heavy (non-hydrogen) atoms. The van der Waals surface area contributed by atoms with Gasteiger partial charge in [-0.15, -0.1) is 0 Å². The molecule has 0 aliphatic heterocycles. The average Bonchev–Trinajstić information content (AvgIpc) is 3.21. The van der Waals surface area contributed by atoms with Crippen LogP contribution in [0.2, 0.25) is 5.02 Å². The summed E-state index contributed by atoms with van der Waals surface area (Å²) in [5, 5.41) is 19.8. The van der Waals surface area contributed by atoms with Crippen LogP contribution in [0.3, 0.4) is 0 Å². The largest absolute Gasteiger partial charge is 0.396 e. The molecule has 0 saturated carbocycles. The van der Waals surface area contributed by atoms with Crippen molar-refractivity contribution in [1.82, 2.24) is 20.5 Å². The van der Waals surface area contributed by atoms with Gasteiger partial charge in [0.1, 0.15) is 11.4 Å². The van der Waals surface area contributed by atoms with Gasteiger partial charge in [0.25, 0.3) is 5.91 Å². The van der Waals surface area contributed by atoms with Crippen LogP contribution in [0.5, 0.6) is 0 Å². The van der Waals surface area contributed by atoms with Crippen LogP contribution in [-0.2, 0) is 6.42 Å². The molecule has 1 atom stereocenters. The lowest BCUT2D eigenvalue weighted by Crippen LogP contribution is -2.37. The molecular weight excluding hydrogens is 443 g/mol. The third kappa shape index (κ3) is 5.27. The van der Waals surface area contributed by atoms with Crippen LogP contribution in [0, 0.1) is 5.82 Å². The number of benzene rings is 2. The number of pyridine rings is 1. The van der Waals surface area contributed by atoms with Gasteiger partial charge in [-0.3, -0.25) is 14.9 Å². The number of aromatic nitrogens is 3. The number of nitrogens with one attached hydrogen (secondary N) is 2. The highest BCUT2D eigenvalue weighted by Crippen LogP contribution is 2.31. The number of carbonyl (C=O) groups excluding carboxylic acids is 1. The average molecular weight is 465 g/mol. The fourth-order valence-corrected chi connectivity index (χ4v) is 3.75. The predicted molar refractivity (Wildman–Crippen MR) is 125 cm³/mol. The van der Waals surface area contributed by atoms with Gasteiger partial charge in [-0.1, -0.05) is 48.0 Å². The van der Waals surface area contributed by atoms with Crippen LogP contribution in [-0.4, -0.2) is 38.8 Å². The number of amides is 1. The normalized spacial score (nSPS) is 11.8. The van der Waals surface area contributed by atoms with E-state index in [0.29, 0.717) is 34.6 Å². The minimum atomic E-state index is -0.557. The zero-order valence-electron chi connectivity index (χ0n) is 17.6. The quantitative estimate of drug-likeness (QED) is 0.354. The maximum atomic E-state index is 15.3. The van der Waals surface area contributed by atoms with E-state index in [2.05, 4.69) is 20.5 Å². The highest BCUT2D eigenvalue weighted by Gasteiger charge is 2.22. The lowest BCUT2D eigenvalue weighted by atomic mass is 10.0. The maximum absolute atomic E-state index is 15.3. The highest BCUT2D eigenvalue weighted by molar-refractivity contribution is 6.30. The Labute approximate surface area is 195 Å². The second-order valence-corrected chi connectivity index (χ2v) is 7.96. The summed E-state index contributed by atoms with van der Waals surface area (Å²) in [7, 11) is 0. The molecule has 8 heteroatoms. The molecule has 0 aliphatic carbocycles. The summed E-state index contributed by atoms with van der Waals surface area (Å²) in [4.78, 5) is 17.4. The van der Waals surface area contributed by atoms with Crippen LogP contribution in [0.15, 0.2) is 72.9 Å². The van der Waals surface area contributed by atoms with E-state index in [-0.39, 0.29) is 29.9 Å². The molecule has 4 rings (SSSR count). The third-order valence-electron chi connectivity index (χ3n) is 5.26. The van der Waals surface area contributed by atoms with Crippen LogP contribution in [0.25, 0.3) is 22.5 Å². The van der Waals surface area contributed by atoms with Gasteiger partial charge < -0.3 is 10.4 Å². The molecule has 0 fully saturated rings. The first-order valence-electron chi connectivity index (χ1n) is 10.5. The number of H-pyrrole nitrogens is 1. The Bertz CT molecular complexity index is 1230. The van der Waals surface area contributed by atoms with Gasteiger partial charge in [0.05, 0.1) is 0 Å². The number of carbonyl (C=O) groups is 1. The van der Waals surface area contributed by atoms with Crippen LogP contribution < -0.4 is 5.32 Å². The first-order valence-corrected chi connectivity index (χ1v) is 10.9. The Kier molecular flexibility index (Phi) is 7.12. The first-order chi connectivity index (χ1) is 16.1. The smallest absolute Gasteiger partial charge is 0.252 e. The third-order valence-corrected chi connectivity index (χ3v) is 5.51. The van der Waals surface area contributed by atoms with Gasteiger partial charge in [-0.25, -0.2) is 4.39 Å². The van der Waals surface area contributed by atoms with E-state index in [1.807, 2.05) is 18.2 Å². The SMILES string of the molecule is O=C(N[C@@H](CCO)Cc1ccccn1)c1ccccc1-c1[nH]nc(-c2ccc(Cl)cc2)c1F. The minimum Gasteiger partial charge on any atom is -0.396 e. The molecule has 2 aromatic heterocycles. The fourth-order valence-electron chi connectivity index (χ4n) is 3.62. The van der Waals surface area contributed by atoms with Gasteiger partial charge >= 0.3 is 0 Å². The summed E-state index contributed by atoms with van der Waals surface area (Å²) < 4.78 is 15.3. The zero-order valence-corrected chi connectivity index (χ0v) is 18.4. The molecule has 0 bridgehead atoms. The van der Waals surface area contributed by atoms with E-state index < -0.39 is 5.82 Å². The Hall–Kier alpha value is -3.55. The summed E-state index contributed by atoms with van der Waals surface area (Å²) in [6.07, 6.45) is 2.51. The van der Waals surface area contributed by atoms with Crippen molar-refractivity contribution < 1.29 is 14.3 Å². The number of rotatable bonds is 8. The number of hydrogen-bond acceptors (Lipinski definition) is 4. The van der Waals surface area contributed by atoms with Crippen LogP contribution >= 0.6 is 11.6 Å². The number of aromatic amines is 1. The number of hydrogen-bond donors (Lipinski definition) is 3. The molecule has 0 radical (unpaired) electrons. The number of aliphatic hydroxyl groups excluding tert-OH is 1. The fraction of sp³-hybridized carbons (Fsp3) is 0.160. The molecule has 4 aromatic rings. The van der Waals surface area contributed by atoms with Crippen molar-refractivity contribution in [2.45, 2.75) is 18.9 Å². The molecule has 1 amide bonds. The van der Waals surface area contributed by atoms with Crippen molar-refractivity contribution in [3.63, 3.8) is 0 Å². The summed E-state index contributed by atoms with van der Waals surface area (Å²) in [6, 6.07) is 18.6. The lowest BCUT2D eigenvalue weighted by molar-refractivity contribution is 0.0930. The van der Waals surface area contributed by atoms with Crippen molar-refractivity contribution >= 4 is 17.5 Å². The number of halogens is 2. The summed E-state index contributed by atoms with van der Waals surface area (Å²) in [5.41, 5.74) is 2.32. The van der Waals surface area contributed by atoms with Crippen molar-refractivity contribution in [1.29, 1.82) is 0 Å². The molecule has 3 N–H and O–H groups in total. The van der Waals surface area contributed by atoms with Crippen molar-refractivity contribution in [2.24, 2.45) is 0 Å². The van der Waals surface area contributed by atoms with Gasteiger partial charge in [-0.05, 0) is 36.8 Å². The Morgan fingerprint density at radius 2 is 1.85 bits per heavy atom. The number of aliphatic hydroxyl groups is 1. The molecule has 0 aliphatic rings.